The van der Waals surface area contributed by atoms with E-state index >= 15 is 0 Å². The monoisotopic (exact) mass is 350 g/mol. The maximum Gasteiger partial charge on any atom is 0.265 e. The van der Waals surface area contributed by atoms with Crippen molar-refractivity contribution in [2.45, 2.75) is 30.9 Å². The van der Waals surface area contributed by atoms with Gasteiger partial charge in [0.25, 0.3) is 5.91 Å². The van der Waals surface area contributed by atoms with Crippen LogP contribution in [0, 0.1) is 0 Å². The van der Waals surface area contributed by atoms with E-state index in [9.17, 15) is 13.2 Å². The number of carbonyl (C=O) groups is 1. The fourth-order valence-electron chi connectivity index (χ4n) is 2.33. The van der Waals surface area contributed by atoms with Gasteiger partial charge < -0.3 is 14.6 Å². The van der Waals surface area contributed by atoms with Gasteiger partial charge in [0.2, 0.25) is 10.0 Å². The van der Waals surface area contributed by atoms with E-state index in [0.717, 1.165) is 0 Å². The van der Waals surface area contributed by atoms with Crippen LogP contribution in [0.3, 0.4) is 0 Å². The first-order valence-corrected chi connectivity index (χ1v) is 9.01. The van der Waals surface area contributed by atoms with E-state index in [0.29, 0.717) is 30.9 Å². The number of imidazole rings is 1. The number of hydrogen-bond acceptors (Lipinski definition) is 5. The lowest BCUT2D eigenvalue weighted by Crippen LogP contribution is -2.34. The van der Waals surface area contributed by atoms with Crippen LogP contribution in [0.4, 0.5) is 5.69 Å². The van der Waals surface area contributed by atoms with E-state index in [2.05, 4.69) is 15.0 Å². The molecule has 3 rings (SSSR count). The number of fused-ring (bicyclic) bond motifs is 1. The van der Waals surface area contributed by atoms with E-state index in [1.807, 2.05) is 10.8 Å². The van der Waals surface area contributed by atoms with Crippen molar-refractivity contribution in [3.8, 4) is 5.75 Å². The summed E-state index contributed by atoms with van der Waals surface area (Å²) < 4.78 is 34.5. The summed E-state index contributed by atoms with van der Waals surface area (Å²) in [5.41, 5.74) is 0.361. The highest BCUT2D eigenvalue weighted by Crippen LogP contribution is 2.31. The van der Waals surface area contributed by atoms with E-state index in [1.165, 1.54) is 12.1 Å². The predicted octanol–water partition coefficient (Wildman–Crippen LogP) is 0.971. The Labute approximate surface area is 139 Å². The molecule has 0 saturated carbocycles. The Balaban J connectivity index is 1.64. The molecule has 1 atom stereocenters. The lowest BCUT2D eigenvalue weighted by Gasteiger charge is -2.23. The summed E-state index contributed by atoms with van der Waals surface area (Å²) in [6.45, 7) is 2.61. The smallest absolute Gasteiger partial charge is 0.265 e. The summed E-state index contributed by atoms with van der Waals surface area (Å²) in [6, 6.07) is 4.41. The first-order chi connectivity index (χ1) is 11.5. The first kappa shape index (κ1) is 16.5. The number of rotatable bonds is 6. The second-order valence-corrected chi connectivity index (χ2v) is 7.23. The molecule has 0 unspecified atom stereocenters. The van der Waals surface area contributed by atoms with Crippen LogP contribution in [0.25, 0.3) is 0 Å². The van der Waals surface area contributed by atoms with Crippen molar-refractivity contribution in [1.82, 2.24) is 14.3 Å². The Morgan fingerprint density at radius 3 is 3.00 bits per heavy atom. The van der Waals surface area contributed by atoms with Gasteiger partial charge in [-0.05, 0) is 31.5 Å². The molecule has 0 fully saturated rings. The van der Waals surface area contributed by atoms with Crippen molar-refractivity contribution in [2.24, 2.45) is 0 Å². The Morgan fingerprint density at radius 1 is 1.42 bits per heavy atom. The zero-order chi connectivity index (χ0) is 17.2. The minimum Gasteiger partial charge on any atom is -0.479 e. The van der Waals surface area contributed by atoms with E-state index in [4.69, 9.17) is 4.74 Å². The Kier molecular flexibility index (Phi) is 4.54. The van der Waals surface area contributed by atoms with Gasteiger partial charge in [0, 0.05) is 25.5 Å². The van der Waals surface area contributed by atoms with Gasteiger partial charge in [-0.25, -0.2) is 18.1 Å². The van der Waals surface area contributed by atoms with Crippen LogP contribution in [-0.4, -0.2) is 36.5 Å². The van der Waals surface area contributed by atoms with E-state index in [-0.39, 0.29) is 10.8 Å². The van der Waals surface area contributed by atoms with Gasteiger partial charge in [-0.3, -0.25) is 4.79 Å². The number of ether oxygens (including phenoxy) is 1. The molecule has 0 saturated heterocycles. The highest BCUT2D eigenvalue weighted by molar-refractivity contribution is 7.89. The van der Waals surface area contributed by atoms with Crippen molar-refractivity contribution in [1.29, 1.82) is 0 Å². The maximum atomic E-state index is 12.3. The van der Waals surface area contributed by atoms with Crippen LogP contribution < -0.4 is 14.8 Å². The van der Waals surface area contributed by atoms with Crippen LogP contribution >= 0.6 is 0 Å². The molecule has 1 aromatic carbocycles. The molecular weight excluding hydrogens is 332 g/mol. The highest BCUT2D eigenvalue weighted by Gasteiger charge is 2.25. The highest BCUT2D eigenvalue weighted by atomic mass is 32.2. The molecule has 1 aromatic heterocycles. The van der Waals surface area contributed by atoms with Crippen LogP contribution in [0.5, 0.6) is 5.75 Å². The van der Waals surface area contributed by atoms with Crippen LogP contribution in [0.2, 0.25) is 0 Å². The number of sulfonamides is 1. The average Bonchev–Trinajstić information content (AvgIpc) is 3.05. The minimum atomic E-state index is -3.65. The summed E-state index contributed by atoms with van der Waals surface area (Å²) in [4.78, 5) is 15.6. The molecule has 0 spiro atoms. The Hall–Kier alpha value is -2.39. The second-order valence-electron chi connectivity index (χ2n) is 5.46. The number of nitrogens with one attached hydrogen (secondary N) is 2. The van der Waals surface area contributed by atoms with Gasteiger partial charge in [0.1, 0.15) is 5.75 Å². The normalized spacial score (nSPS) is 17.0. The van der Waals surface area contributed by atoms with E-state index in [1.54, 1.807) is 25.5 Å². The molecule has 128 valence electrons. The van der Waals surface area contributed by atoms with Gasteiger partial charge in [0.05, 0.1) is 16.9 Å². The van der Waals surface area contributed by atoms with Crippen LogP contribution in [0.1, 0.15) is 13.3 Å². The van der Waals surface area contributed by atoms with Crippen molar-refractivity contribution in [3.63, 3.8) is 0 Å². The molecule has 24 heavy (non-hydrogen) atoms. The molecule has 8 nitrogen and oxygen atoms in total. The summed E-state index contributed by atoms with van der Waals surface area (Å²) in [6.07, 6.45) is 5.22. The third kappa shape index (κ3) is 3.57. The molecule has 0 radical (unpaired) electrons. The summed E-state index contributed by atoms with van der Waals surface area (Å²) in [5.74, 6) is 0.159. The summed E-state index contributed by atoms with van der Waals surface area (Å²) in [7, 11) is -3.65. The summed E-state index contributed by atoms with van der Waals surface area (Å²) in [5, 5.41) is 2.64. The van der Waals surface area contributed by atoms with Gasteiger partial charge >= 0.3 is 0 Å². The van der Waals surface area contributed by atoms with Crippen molar-refractivity contribution < 1.29 is 17.9 Å². The first-order valence-electron chi connectivity index (χ1n) is 7.53. The zero-order valence-corrected chi connectivity index (χ0v) is 13.9. The van der Waals surface area contributed by atoms with E-state index < -0.39 is 16.1 Å². The lowest BCUT2D eigenvalue weighted by molar-refractivity contribution is -0.122. The molecule has 9 heteroatoms. The molecule has 0 aliphatic carbocycles. The predicted molar refractivity (Wildman–Crippen MR) is 87.2 cm³/mol. The molecule has 0 bridgehead atoms. The van der Waals surface area contributed by atoms with Crippen molar-refractivity contribution in [2.75, 3.05) is 11.9 Å². The molecule has 1 aliphatic heterocycles. The number of nitrogens with zero attached hydrogens (tertiary/aromatic N) is 2. The lowest BCUT2D eigenvalue weighted by atomic mass is 10.2. The largest absolute Gasteiger partial charge is 0.479 e. The standard InChI is InChI=1S/C15H18N4O4S/c1-11-15(20)18-13-9-12(3-4-14(13)23-11)24(21,22)17-5-2-7-19-8-6-16-10-19/h3-4,6,8-11,17H,2,5,7H2,1H3,(H,18,20)/t11-/m1/s1. The molecular formula is C15H18N4O4S. The molecule has 2 N–H and O–H groups in total. The maximum absolute atomic E-state index is 12.3. The van der Waals surface area contributed by atoms with Crippen molar-refractivity contribution >= 4 is 21.6 Å². The number of benzene rings is 1. The minimum absolute atomic E-state index is 0.0855. The fraction of sp³-hybridized carbons (Fsp3) is 0.333. The second kappa shape index (κ2) is 6.62. The van der Waals surface area contributed by atoms with Crippen LogP contribution in [0.15, 0.2) is 41.8 Å². The van der Waals surface area contributed by atoms with Crippen LogP contribution in [-0.2, 0) is 21.4 Å². The van der Waals surface area contributed by atoms with Gasteiger partial charge in [-0.1, -0.05) is 0 Å². The molecule has 2 aromatic rings. The Bertz CT molecular complexity index is 833. The average molecular weight is 350 g/mol. The number of amides is 1. The molecule has 1 aliphatic rings. The number of aromatic nitrogens is 2. The number of hydrogen-bond donors (Lipinski definition) is 2. The number of aryl methyl sites for hydroxylation is 1. The fourth-order valence-corrected chi connectivity index (χ4v) is 3.43. The van der Waals surface area contributed by atoms with Gasteiger partial charge in [-0.2, -0.15) is 0 Å². The third-order valence-corrected chi connectivity index (χ3v) is 5.10. The quantitative estimate of drug-likeness (QED) is 0.756. The number of carbonyl (C=O) groups excluding carboxylic acids is 1. The molecule has 2 heterocycles. The topological polar surface area (TPSA) is 102 Å². The third-order valence-electron chi connectivity index (χ3n) is 3.64. The molecule has 1 amide bonds. The van der Waals surface area contributed by atoms with Crippen molar-refractivity contribution in [3.05, 3.63) is 36.9 Å². The zero-order valence-electron chi connectivity index (χ0n) is 13.1. The Morgan fingerprint density at radius 2 is 2.25 bits per heavy atom. The van der Waals surface area contributed by atoms with Gasteiger partial charge in [-0.15, -0.1) is 0 Å². The SMILES string of the molecule is C[C@H]1Oc2ccc(S(=O)(=O)NCCCn3ccnc3)cc2NC1=O. The number of anilines is 1. The van der Waals surface area contributed by atoms with Gasteiger partial charge in [0.15, 0.2) is 6.10 Å². The summed E-state index contributed by atoms with van der Waals surface area (Å²) >= 11 is 0.